The van der Waals surface area contributed by atoms with Crippen molar-refractivity contribution in [2.24, 2.45) is 46.3 Å². The molecule has 0 amide bonds. The molecule has 20 unspecified atom stereocenters. The van der Waals surface area contributed by atoms with E-state index in [2.05, 4.69) is 20.8 Å². The molecule has 51 heavy (non-hydrogen) atoms. The maximum Gasteiger partial charge on any atom is 0.187 e. The van der Waals surface area contributed by atoms with Crippen molar-refractivity contribution < 1.29 is 64.5 Å². The van der Waals surface area contributed by atoms with Crippen molar-refractivity contribution in [1.29, 1.82) is 0 Å². The van der Waals surface area contributed by atoms with Crippen molar-refractivity contribution in [3.8, 4) is 0 Å². The fourth-order valence-electron chi connectivity index (χ4n) is 12.2. The molecule has 6 aliphatic rings. The Morgan fingerprint density at radius 2 is 1.53 bits per heavy atom. The first-order valence-electron chi connectivity index (χ1n) is 19.5. The predicted octanol–water partition coefficient (Wildman–Crippen LogP) is 1.08. The number of ether oxygens (including phenoxy) is 5. The van der Waals surface area contributed by atoms with Crippen LogP contribution in [0.2, 0.25) is 0 Å². The third-order valence-electron chi connectivity index (χ3n) is 14.9. The van der Waals surface area contributed by atoms with Crippen LogP contribution in [-0.4, -0.2) is 140 Å². The van der Waals surface area contributed by atoms with E-state index in [0.717, 1.165) is 25.7 Å². The minimum atomic E-state index is -1.26. The largest absolute Gasteiger partial charge is 0.394 e. The van der Waals surface area contributed by atoms with Crippen LogP contribution in [0.1, 0.15) is 92.4 Å². The first-order chi connectivity index (χ1) is 24.0. The number of fused-ring (bicyclic) bond motifs is 5. The van der Waals surface area contributed by atoms with Gasteiger partial charge in [-0.05, 0) is 91.8 Å². The zero-order valence-electron chi connectivity index (χ0n) is 31.3. The summed E-state index contributed by atoms with van der Waals surface area (Å²) in [5.41, 5.74) is -1.80. The Kier molecular flexibility index (Phi) is 12.0. The van der Waals surface area contributed by atoms with E-state index in [9.17, 15) is 40.9 Å². The Labute approximate surface area is 302 Å². The molecule has 13 nitrogen and oxygen atoms in total. The molecule has 2 saturated heterocycles. The van der Waals surface area contributed by atoms with Gasteiger partial charge in [-0.1, -0.05) is 34.6 Å². The highest BCUT2D eigenvalue weighted by Crippen LogP contribution is 2.69. The number of rotatable bonds is 11. The lowest BCUT2D eigenvalue weighted by Gasteiger charge is -2.66. The lowest BCUT2D eigenvalue weighted by Crippen LogP contribution is -2.68. The monoisotopic (exact) mass is 730 g/mol. The highest BCUT2D eigenvalue weighted by Gasteiger charge is 2.70. The standard InChI is InChI=1S/C38H66O13/c1-18(2)26(49-35-32(30(45)27(16-39)50-35)51-34-31(47-6)29(44)25(43)17-48-34)8-7-19(3)21-14-23(41)33-37(21,5)12-10-28-36(4)11-9-20(40)13-22(36)24(42)15-38(28,33)46/h18-35,39-46H,7-17H2,1-6H3. The number of hydrogen-bond donors (Lipinski definition) is 8. The van der Waals surface area contributed by atoms with Crippen molar-refractivity contribution in [2.75, 3.05) is 20.3 Å². The summed E-state index contributed by atoms with van der Waals surface area (Å²) < 4.78 is 29.5. The molecule has 20 atom stereocenters. The summed E-state index contributed by atoms with van der Waals surface area (Å²) in [6.45, 7) is 10.1. The van der Waals surface area contributed by atoms with Crippen molar-refractivity contribution >= 4 is 0 Å². The second-order valence-corrected chi connectivity index (χ2v) is 18.0. The molecule has 0 aromatic heterocycles. The quantitative estimate of drug-likeness (QED) is 0.150. The van der Waals surface area contributed by atoms with Crippen molar-refractivity contribution in [1.82, 2.24) is 0 Å². The Morgan fingerprint density at radius 1 is 0.824 bits per heavy atom. The number of aliphatic hydroxyl groups excluding tert-OH is 7. The van der Waals surface area contributed by atoms with Crippen molar-refractivity contribution in [3.63, 3.8) is 0 Å². The van der Waals surface area contributed by atoms with E-state index in [1.165, 1.54) is 7.11 Å². The van der Waals surface area contributed by atoms with Gasteiger partial charge in [0.15, 0.2) is 12.6 Å². The van der Waals surface area contributed by atoms with Gasteiger partial charge in [0.1, 0.15) is 36.6 Å². The van der Waals surface area contributed by atoms with E-state index >= 15 is 0 Å². The van der Waals surface area contributed by atoms with Crippen LogP contribution in [0.4, 0.5) is 0 Å². The molecule has 296 valence electrons. The summed E-state index contributed by atoms with van der Waals surface area (Å²) in [4.78, 5) is 0. The molecule has 13 heteroatoms. The Bertz CT molecular complexity index is 1180. The van der Waals surface area contributed by atoms with Gasteiger partial charge in [-0.3, -0.25) is 0 Å². The Balaban J connectivity index is 1.13. The lowest BCUT2D eigenvalue weighted by atomic mass is 9.42. The molecule has 0 aromatic carbocycles. The van der Waals surface area contributed by atoms with Gasteiger partial charge < -0.3 is 64.5 Å². The number of hydrogen-bond acceptors (Lipinski definition) is 13. The van der Waals surface area contributed by atoms with Crippen LogP contribution in [0.3, 0.4) is 0 Å². The van der Waals surface area contributed by atoms with E-state index in [0.29, 0.717) is 25.7 Å². The van der Waals surface area contributed by atoms with Gasteiger partial charge >= 0.3 is 0 Å². The van der Waals surface area contributed by atoms with Crippen LogP contribution in [0.5, 0.6) is 0 Å². The zero-order chi connectivity index (χ0) is 37.2. The number of methoxy groups -OCH3 is 1. The second kappa shape index (κ2) is 15.2. The molecule has 0 bridgehead atoms. The molecule has 4 aliphatic carbocycles. The van der Waals surface area contributed by atoms with Crippen molar-refractivity contribution in [3.05, 3.63) is 0 Å². The van der Waals surface area contributed by atoms with Crippen LogP contribution in [0.15, 0.2) is 0 Å². The van der Waals surface area contributed by atoms with Crippen LogP contribution < -0.4 is 0 Å². The summed E-state index contributed by atoms with van der Waals surface area (Å²) in [7, 11) is 1.36. The van der Waals surface area contributed by atoms with E-state index in [-0.39, 0.29) is 65.5 Å². The van der Waals surface area contributed by atoms with Gasteiger partial charge in [-0.15, -0.1) is 0 Å². The molecule has 6 rings (SSSR count). The highest BCUT2D eigenvalue weighted by molar-refractivity contribution is 5.20. The van der Waals surface area contributed by atoms with Gasteiger partial charge in [0.2, 0.25) is 0 Å². The summed E-state index contributed by atoms with van der Waals surface area (Å²) in [6, 6.07) is 0. The average molecular weight is 731 g/mol. The molecule has 0 aromatic rings. The summed E-state index contributed by atoms with van der Waals surface area (Å²) >= 11 is 0. The minimum absolute atomic E-state index is 0.0439. The van der Waals surface area contributed by atoms with Crippen LogP contribution >= 0.6 is 0 Å². The Morgan fingerprint density at radius 3 is 2.20 bits per heavy atom. The fraction of sp³-hybridized carbons (Fsp3) is 1.00. The maximum absolute atomic E-state index is 12.6. The van der Waals surface area contributed by atoms with Gasteiger partial charge in [0.05, 0.1) is 43.2 Å². The van der Waals surface area contributed by atoms with Crippen LogP contribution in [0, 0.1) is 46.3 Å². The van der Waals surface area contributed by atoms with E-state index in [4.69, 9.17) is 23.7 Å². The second-order valence-electron chi connectivity index (χ2n) is 18.0. The zero-order valence-corrected chi connectivity index (χ0v) is 31.3. The van der Waals surface area contributed by atoms with E-state index in [1.807, 2.05) is 13.8 Å². The van der Waals surface area contributed by atoms with Gasteiger partial charge in [0.25, 0.3) is 0 Å². The molecule has 6 fully saturated rings. The van der Waals surface area contributed by atoms with Crippen molar-refractivity contribution in [2.45, 2.75) is 172 Å². The van der Waals surface area contributed by atoms with Crippen LogP contribution in [-0.2, 0) is 23.7 Å². The maximum atomic E-state index is 12.6. The molecular formula is C38H66O13. The van der Waals surface area contributed by atoms with Gasteiger partial charge in [0, 0.05) is 19.4 Å². The Hall–Kier alpha value is -0.520. The first kappa shape index (κ1) is 40.2. The summed E-state index contributed by atoms with van der Waals surface area (Å²) in [6.07, 6.45) is -5.08. The molecule has 4 saturated carbocycles. The smallest absolute Gasteiger partial charge is 0.187 e. The van der Waals surface area contributed by atoms with Crippen LogP contribution in [0.25, 0.3) is 0 Å². The van der Waals surface area contributed by atoms with E-state index < -0.39 is 79.7 Å². The fourth-order valence-corrected chi connectivity index (χ4v) is 12.2. The molecular weight excluding hydrogens is 664 g/mol. The SMILES string of the molecule is COC1C(OC2C(OC(CCC(C)C3CC(O)C4C3(C)CCC3C5(C)CCC(O)CC5C(O)CC34O)C(C)C)OC(CO)C2O)OCC(O)C1O. The molecule has 2 aliphatic heterocycles. The third-order valence-corrected chi connectivity index (χ3v) is 14.9. The minimum Gasteiger partial charge on any atom is -0.394 e. The summed E-state index contributed by atoms with van der Waals surface area (Å²) in [5.74, 6) is -0.0804. The molecule has 0 radical (unpaired) electrons. The lowest BCUT2D eigenvalue weighted by molar-refractivity contribution is -0.311. The highest BCUT2D eigenvalue weighted by atomic mass is 16.8. The predicted molar refractivity (Wildman–Crippen MR) is 183 cm³/mol. The third kappa shape index (κ3) is 6.97. The summed E-state index contributed by atoms with van der Waals surface area (Å²) in [5, 5.41) is 87.7. The molecule has 0 spiro atoms. The van der Waals surface area contributed by atoms with E-state index in [1.54, 1.807) is 0 Å². The van der Waals surface area contributed by atoms with Gasteiger partial charge in [-0.25, -0.2) is 0 Å². The molecule has 2 heterocycles. The van der Waals surface area contributed by atoms with Gasteiger partial charge in [-0.2, -0.15) is 0 Å². The average Bonchev–Trinajstić information content (AvgIpc) is 3.53. The normalized spacial score (nSPS) is 52.6. The number of aliphatic hydroxyl groups is 8. The molecule has 8 N–H and O–H groups in total. The first-order valence-corrected chi connectivity index (χ1v) is 19.5. The topological polar surface area (TPSA) is 208 Å².